The molecule has 106 valence electrons. The maximum Gasteiger partial charge on any atom is 0.0685 e. The maximum absolute atomic E-state index is 6.75. The van der Waals surface area contributed by atoms with Gasteiger partial charge in [-0.1, -0.05) is 40.0 Å². The van der Waals surface area contributed by atoms with E-state index in [-0.39, 0.29) is 11.1 Å². The molecular formula is C16H31NO. The van der Waals surface area contributed by atoms with Gasteiger partial charge in [-0.2, -0.15) is 0 Å². The molecule has 1 saturated carbocycles. The minimum absolute atomic E-state index is 0.00816. The first-order valence-corrected chi connectivity index (χ1v) is 7.95. The zero-order valence-corrected chi connectivity index (χ0v) is 12.5. The largest absolute Gasteiger partial charge is 0.375 e. The van der Waals surface area contributed by atoms with Crippen LogP contribution in [0.3, 0.4) is 0 Å². The van der Waals surface area contributed by atoms with Crippen LogP contribution in [0.15, 0.2) is 0 Å². The monoisotopic (exact) mass is 253 g/mol. The number of nitrogens with two attached hydrogens (primary N) is 1. The van der Waals surface area contributed by atoms with Gasteiger partial charge in [-0.25, -0.2) is 0 Å². The third-order valence-corrected chi connectivity index (χ3v) is 5.71. The zero-order chi connectivity index (χ0) is 13.2. The standard InChI is InChI=1S/C16H31NO/c1-4-16(17,13(2)3)14-8-11-18-15(12-14)9-6-5-7-10-15/h13-14H,4-12,17H2,1-3H3. The molecule has 2 unspecified atom stereocenters. The molecule has 0 radical (unpaired) electrons. The number of hydrogen-bond acceptors (Lipinski definition) is 2. The predicted octanol–water partition coefficient (Wildman–Crippen LogP) is 3.88. The highest BCUT2D eigenvalue weighted by Crippen LogP contribution is 2.45. The van der Waals surface area contributed by atoms with E-state index in [0.717, 1.165) is 19.4 Å². The van der Waals surface area contributed by atoms with Crippen LogP contribution in [0.4, 0.5) is 0 Å². The summed E-state index contributed by atoms with van der Waals surface area (Å²) in [5.41, 5.74) is 6.95. The van der Waals surface area contributed by atoms with Gasteiger partial charge < -0.3 is 10.5 Å². The van der Waals surface area contributed by atoms with E-state index in [2.05, 4.69) is 20.8 Å². The summed E-state index contributed by atoms with van der Waals surface area (Å²) in [4.78, 5) is 0. The van der Waals surface area contributed by atoms with Crippen molar-refractivity contribution in [3.05, 3.63) is 0 Å². The third-order valence-electron chi connectivity index (χ3n) is 5.71. The van der Waals surface area contributed by atoms with Crippen molar-refractivity contribution in [3.8, 4) is 0 Å². The van der Waals surface area contributed by atoms with Gasteiger partial charge >= 0.3 is 0 Å². The van der Waals surface area contributed by atoms with Crippen molar-refractivity contribution in [2.24, 2.45) is 17.6 Å². The number of ether oxygens (including phenoxy) is 1. The molecule has 2 fully saturated rings. The second kappa shape index (κ2) is 5.50. The van der Waals surface area contributed by atoms with Gasteiger partial charge in [-0.15, -0.1) is 0 Å². The van der Waals surface area contributed by atoms with Gasteiger partial charge in [0.2, 0.25) is 0 Å². The summed E-state index contributed by atoms with van der Waals surface area (Å²) in [6.45, 7) is 7.75. The van der Waals surface area contributed by atoms with Crippen LogP contribution in [-0.2, 0) is 4.74 Å². The Balaban J connectivity index is 2.10. The Morgan fingerprint density at radius 3 is 2.50 bits per heavy atom. The first kappa shape index (κ1) is 14.3. The van der Waals surface area contributed by atoms with Gasteiger partial charge in [-0.3, -0.25) is 0 Å². The normalized spacial score (nSPS) is 31.5. The number of rotatable bonds is 3. The molecule has 1 saturated heterocycles. The fourth-order valence-electron chi connectivity index (χ4n) is 4.20. The lowest BCUT2D eigenvalue weighted by Crippen LogP contribution is -2.56. The molecule has 2 N–H and O–H groups in total. The molecule has 2 nitrogen and oxygen atoms in total. The van der Waals surface area contributed by atoms with Crippen molar-refractivity contribution in [2.45, 2.75) is 83.3 Å². The van der Waals surface area contributed by atoms with Crippen molar-refractivity contribution in [2.75, 3.05) is 6.61 Å². The van der Waals surface area contributed by atoms with Crippen LogP contribution in [0.2, 0.25) is 0 Å². The second-order valence-electron chi connectivity index (χ2n) is 6.90. The van der Waals surface area contributed by atoms with Gasteiger partial charge in [-0.05, 0) is 43.9 Å². The quantitative estimate of drug-likeness (QED) is 0.828. The predicted molar refractivity (Wildman–Crippen MR) is 76.5 cm³/mol. The lowest BCUT2D eigenvalue weighted by Gasteiger charge is -2.50. The van der Waals surface area contributed by atoms with Gasteiger partial charge in [0.25, 0.3) is 0 Å². The molecule has 2 atom stereocenters. The van der Waals surface area contributed by atoms with Gasteiger partial charge in [0.15, 0.2) is 0 Å². The van der Waals surface area contributed by atoms with E-state index >= 15 is 0 Å². The molecule has 1 spiro atoms. The fourth-order valence-corrected chi connectivity index (χ4v) is 4.20. The highest BCUT2D eigenvalue weighted by Gasteiger charge is 2.45. The van der Waals surface area contributed by atoms with Crippen LogP contribution in [0.5, 0.6) is 0 Å². The Labute approximate surface area is 113 Å². The average molecular weight is 253 g/mol. The van der Waals surface area contributed by atoms with Crippen molar-refractivity contribution in [3.63, 3.8) is 0 Å². The lowest BCUT2D eigenvalue weighted by atomic mass is 9.65. The molecule has 18 heavy (non-hydrogen) atoms. The summed E-state index contributed by atoms with van der Waals surface area (Å²) >= 11 is 0. The molecule has 0 aromatic carbocycles. The van der Waals surface area contributed by atoms with Crippen LogP contribution >= 0.6 is 0 Å². The van der Waals surface area contributed by atoms with Gasteiger partial charge in [0, 0.05) is 12.1 Å². The third kappa shape index (κ3) is 2.60. The van der Waals surface area contributed by atoms with Crippen LogP contribution in [0, 0.1) is 11.8 Å². The first-order chi connectivity index (χ1) is 8.52. The molecular weight excluding hydrogens is 222 g/mol. The Morgan fingerprint density at radius 1 is 1.28 bits per heavy atom. The van der Waals surface area contributed by atoms with Crippen molar-refractivity contribution < 1.29 is 4.74 Å². The van der Waals surface area contributed by atoms with E-state index in [1.807, 2.05) is 0 Å². The lowest BCUT2D eigenvalue weighted by molar-refractivity contribution is -0.131. The second-order valence-corrected chi connectivity index (χ2v) is 6.90. The Morgan fingerprint density at radius 2 is 1.94 bits per heavy atom. The van der Waals surface area contributed by atoms with E-state index in [1.54, 1.807) is 0 Å². The molecule has 0 aromatic rings. The van der Waals surface area contributed by atoms with Crippen LogP contribution in [0.1, 0.15) is 72.1 Å². The Bertz CT molecular complexity index is 265. The molecule has 2 heteroatoms. The van der Waals surface area contributed by atoms with E-state index in [9.17, 15) is 0 Å². The molecule has 1 heterocycles. The SMILES string of the molecule is CCC(N)(C(C)C)C1CCOC2(CCCCC2)C1. The van der Waals surface area contributed by atoms with E-state index in [4.69, 9.17) is 10.5 Å². The van der Waals surface area contributed by atoms with Crippen LogP contribution < -0.4 is 5.73 Å². The Kier molecular flexibility index (Phi) is 4.38. The highest BCUT2D eigenvalue weighted by molar-refractivity contribution is 5.00. The smallest absolute Gasteiger partial charge is 0.0685 e. The van der Waals surface area contributed by atoms with E-state index in [1.165, 1.54) is 38.5 Å². The number of hydrogen-bond donors (Lipinski definition) is 1. The van der Waals surface area contributed by atoms with Crippen molar-refractivity contribution in [1.29, 1.82) is 0 Å². The fraction of sp³-hybridized carbons (Fsp3) is 1.00. The van der Waals surface area contributed by atoms with Gasteiger partial charge in [0.1, 0.15) is 0 Å². The molecule has 1 aliphatic carbocycles. The molecule has 0 amide bonds. The average Bonchev–Trinajstić information content (AvgIpc) is 2.38. The first-order valence-electron chi connectivity index (χ1n) is 7.95. The Hall–Kier alpha value is -0.0800. The molecule has 1 aliphatic heterocycles. The summed E-state index contributed by atoms with van der Waals surface area (Å²) in [6, 6.07) is 0. The summed E-state index contributed by atoms with van der Waals surface area (Å²) in [5.74, 6) is 1.21. The molecule has 0 bridgehead atoms. The molecule has 2 rings (SSSR count). The summed E-state index contributed by atoms with van der Waals surface area (Å²) in [6.07, 6.45) is 10.1. The summed E-state index contributed by atoms with van der Waals surface area (Å²) in [5, 5.41) is 0. The van der Waals surface area contributed by atoms with Crippen molar-refractivity contribution in [1.82, 2.24) is 0 Å². The van der Waals surface area contributed by atoms with Crippen LogP contribution in [0.25, 0.3) is 0 Å². The minimum atomic E-state index is 0.00816. The van der Waals surface area contributed by atoms with Crippen LogP contribution in [-0.4, -0.2) is 17.7 Å². The zero-order valence-electron chi connectivity index (χ0n) is 12.5. The molecule has 2 aliphatic rings. The summed E-state index contributed by atoms with van der Waals surface area (Å²) < 4.78 is 6.20. The van der Waals surface area contributed by atoms with Crippen molar-refractivity contribution >= 4 is 0 Å². The molecule has 0 aromatic heterocycles. The van der Waals surface area contributed by atoms with E-state index in [0.29, 0.717) is 11.8 Å². The maximum atomic E-state index is 6.75. The van der Waals surface area contributed by atoms with Gasteiger partial charge in [0.05, 0.1) is 5.60 Å². The summed E-state index contributed by atoms with van der Waals surface area (Å²) in [7, 11) is 0. The minimum Gasteiger partial charge on any atom is -0.375 e. The highest BCUT2D eigenvalue weighted by atomic mass is 16.5. The topological polar surface area (TPSA) is 35.2 Å². The van der Waals surface area contributed by atoms with E-state index < -0.39 is 0 Å².